The van der Waals surface area contributed by atoms with E-state index in [2.05, 4.69) is 5.10 Å². The van der Waals surface area contributed by atoms with E-state index in [0.717, 1.165) is 27.9 Å². The molecule has 0 aliphatic carbocycles. The maximum absolute atomic E-state index is 13.3. The topological polar surface area (TPSA) is 52.7 Å². The van der Waals surface area contributed by atoms with Crippen molar-refractivity contribution in [3.63, 3.8) is 0 Å². The predicted octanol–water partition coefficient (Wildman–Crippen LogP) is 4.45. The Balaban J connectivity index is 1.93. The van der Waals surface area contributed by atoms with Gasteiger partial charge in [-0.1, -0.05) is 78.9 Å². The Kier molecular flexibility index (Phi) is 4.06. The van der Waals surface area contributed by atoms with Gasteiger partial charge in [0, 0.05) is 18.2 Å². The molecule has 140 valence electrons. The summed E-state index contributed by atoms with van der Waals surface area (Å²) < 4.78 is 3.21. The van der Waals surface area contributed by atoms with E-state index in [4.69, 9.17) is 5.10 Å². The molecule has 0 aliphatic heterocycles. The van der Waals surface area contributed by atoms with Crippen LogP contribution in [-0.4, -0.2) is 19.6 Å². The van der Waals surface area contributed by atoms with Crippen molar-refractivity contribution in [2.45, 2.75) is 0 Å². The van der Waals surface area contributed by atoms with Crippen LogP contribution in [0, 0.1) is 0 Å². The molecule has 0 radical (unpaired) electrons. The molecule has 29 heavy (non-hydrogen) atoms. The molecular formula is C24H18N4O. The van der Waals surface area contributed by atoms with Crippen LogP contribution in [0.25, 0.3) is 39.1 Å². The Morgan fingerprint density at radius 2 is 1.24 bits per heavy atom. The first-order chi connectivity index (χ1) is 14.2. The zero-order chi connectivity index (χ0) is 19.8. The lowest BCUT2D eigenvalue weighted by Crippen LogP contribution is -2.22. The average molecular weight is 378 g/mol. The average Bonchev–Trinajstić information content (AvgIpc) is 3.13. The molecular weight excluding hydrogens is 360 g/mol. The molecule has 3 aromatic carbocycles. The Morgan fingerprint density at radius 1 is 0.690 bits per heavy atom. The summed E-state index contributed by atoms with van der Waals surface area (Å²) >= 11 is 0. The van der Waals surface area contributed by atoms with Gasteiger partial charge in [-0.25, -0.2) is 0 Å². The predicted molar refractivity (Wildman–Crippen MR) is 115 cm³/mol. The van der Waals surface area contributed by atoms with Crippen molar-refractivity contribution in [3.05, 3.63) is 101 Å². The molecule has 5 rings (SSSR count). The molecule has 5 heteroatoms. The van der Waals surface area contributed by atoms with E-state index in [0.29, 0.717) is 11.2 Å². The van der Waals surface area contributed by atoms with Gasteiger partial charge in [-0.15, -0.1) is 0 Å². The fraction of sp³-hybridized carbons (Fsp3) is 0.0417. The van der Waals surface area contributed by atoms with Gasteiger partial charge in [0.15, 0.2) is 5.52 Å². The van der Waals surface area contributed by atoms with Crippen LogP contribution in [0.4, 0.5) is 0 Å². The van der Waals surface area contributed by atoms with Crippen molar-refractivity contribution in [3.8, 4) is 28.2 Å². The van der Waals surface area contributed by atoms with Gasteiger partial charge in [0.05, 0.1) is 16.8 Å². The number of fused-ring (bicyclic) bond motifs is 1. The summed E-state index contributed by atoms with van der Waals surface area (Å²) in [5.74, 6) is 0. The molecule has 2 heterocycles. The van der Waals surface area contributed by atoms with Crippen LogP contribution in [0.15, 0.2) is 95.8 Å². The van der Waals surface area contributed by atoms with Crippen molar-refractivity contribution >= 4 is 10.9 Å². The van der Waals surface area contributed by atoms with E-state index in [9.17, 15) is 4.79 Å². The monoisotopic (exact) mass is 378 g/mol. The van der Waals surface area contributed by atoms with Gasteiger partial charge in [0.25, 0.3) is 5.56 Å². The number of nitrogens with zero attached hydrogens (tertiary/aromatic N) is 4. The van der Waals surface area contributed by atoms with E-state index in [-0.39, 0.29) is 5.56 Å². The van der Waals surface area contributed by atoms with E-state index < -0.39 is 0 Å². The number of hydrogen-bond acceptors (Lipinski definition) is 3. The Labute approximate surface area is 167 Å². The number of aromatic nitrogens is 4. The van der Waals surface area contributed by atoms with E-state index in [1.54, 1.807) is 4.68 Å². The Bertz CT molecular complexity index is 1350. The summed E-state index contributed by atoms with van der Waals surface area (Å²) in [6.07, 6.45) is 0. The first-order valence-electron chi connectivity index (χ1n) is 9.40. The summed E-state index contributed by atoms with van der Waals surface area (Å²) in [4.78, 5) is 13.3. The molecule has 0 spiro atoms. The van der Waals surface area contributed by atoms with Gasteiger partial charge in [0.1, 0.15) is 5.69 Å². The number of rotatable bonds is 3. The van der Waals surface area contributed by atoms with Crippen LogP contribution in [0.5, 0.6) is 0 Å². The van der Waals surface area contributed by atoms with Crippen LogP contribution < -0.4 is 5.56 Å². The van der Waals surface area contributed by atoms with Gasteiger partial charge in [-0.2, -0.15) is 14.9 Å². The van der Waals surface area contributed by atoms with Crippen molar-refractivity contribution in [1.29, 1.82) is 0 Å². The van der Waals surface area contributed by atoms with E-state index in [1.165, 1.54) is 4.68 Å². The third-order valence-electron chi connectivity index (χ3n) is 4.97. The molecule has 0 saturated carbocycles. The highest BCUT2D eigenvalue weighted by atomic mass is 16.1. The zero-order valence-electron chi connectivity index (χ0n) is 15.9. The van der Waals surface area contributed by atoms with Gasteiger partial charge in [-0.3, -0.25) is 9.48 Å². The first-order valence-corrected chi connectivity index (χ1v) is 9.40. The normalized spacial score (nSPS) is 11.1. The molecule has 2 aromatic heterocycles. The Hall–Kier alpha value is -3.99. The molecule has 0 N–H and O–H groups in total. The fourth-order valence-electron chi connectivity index (χ4n) is 3.66. The van der Waals surface area contributed by atoms with Crippen LogP contribution in [0.1, 0.15) is 0 Å². The molecule has 0 fully saturated rings. The quantitative estimate of drug-likeness (QED) is 0.466. The maximum atomic E-state index is 13.3. The molecule has 0 bridgehead atoms. The highest BCUT2D eigenvalue weighted by molar-refractivity contribution is 6.02. The van der Waals surface area contributed by atoms with Gasteiger partial charge in [0.2, 0.25) is 0 Å². The zero-order valence-corrected chi connectivity index (χ0v) is 15.9. The SMILES string of the molecule is Cn1nc2c(=O)n(-c3ccccc3)nc(-c3ccccc3)c2c1-c1ccccc1. The van der Waals surface area contributed by atoms with Gasteiger partial charge >= 0.3 is 0 Å². The van der Waals surface area contributed by atoms with E-state index >= 15 is 0 Å². The number of benzene rings is 3. The van der Waals surface area contributed by atoms with Gasteiger partial charge in [-0.05, 0) is 12.1 Å². The smallest absolute Gasteiger partial charge is 0.266 e. The lowest BCUT2D eigenvalue weighted by Gasteiger charge is -2.10. The molecule has 0 atom stereocenters. The lowest BCUT2D eigenvalue weighted by molar-refractivity contribution is 0.778. The third kappa shape index (κ3) is 2.84. The molecule has 0 saturated heterocycles. The summed E-state index contributed by atoms with van der Waals surface area (Å²) in [6.45, 7) is 0. The Morgan fingerprint density at radius 3 is 1.86 bits per heavy atom. The first kappa shape index (κ1) is 17.1. The molecule has 0 amide bonds. The van der Waals surface area contributed by atoms with Crippen molar-refractivity contribution in [2.24, 2.45) is 7.05 Å². The highest BCUT2D eigenvalue weighted by Crippen LogP contribution is 2.33. The number of para-hydroxylation sites is 1. The molecule has 0 unspecified atom stereocenters. The van der Waals surface area contributed by atoms with Crippen molar-refractivity contribution < 1.29 is 0 Å². The number of aryl methyl sites for hydroxylation is 1. The standard InChI is InChI=1S/C24H18N4O/c1-27-23(18-13-7-3-8-14-18)20-21(17-11-5-2-6-12-17)26-28(24(29)22(20)25-27)19-15-9-4-10-16-19/h2-16H,1H3. The fourth-order valence-corrected chi connectivity index (χ4v) is 3.66. The maximum Gasteiger partial charge on any atom is 0.299 e. The van der Waals surface area contributed by atoms with Crippen molar-refractivity contribution in [2.75, 3.05) is 0 Å². The summed E-state index contributed by atoms with van der Waals surface area (Å²) in [6, 6.07) is 29.3. The molecule has 5 nitrogen and oxygen atoms in total. The van der Waals surface area contributed by atoms with Crippen LogP contribution >= 0.6 is 0 Å². The minimum atomic E-state index is -0.233. The van der Waals surface area contributed by atoms with Crippen LogP contribution in [0.3, 0.4) is 0 Å². The largest absolute Gasteiger partial charge is 0.299 e. The minimum absolute atomic E-state index is 0.233. The summed E-state index contributed by atoms with van der Waals surface area (Å²) in [7, 11) is 1.86. The highest BCUT2D eigenvalue weighted by Gasteiger charge is 2.22. The second-order valence-electron chi connectivity index (χ2n) is 6.83. The summed E-state index contributed by atoms with van der Waals surface area (Å²) in [5.41, 5.74) is 4.43. The molecule has 0 aliphatic rings. The van der Waals surface area contributed by atoms with Crippen LogP contribution in [0.2, 0.25) is 0 Å². The second kappa shape index (κ2) is 6.87. The van der Waals surface area contributed by atoms with Crippen LogP contribution in [-0.2, 0) is 7.05 Å². The van der Waals surface area contributed by atoms with E-state index in [1.807, 2.05) is 98.0 Å². The third-order valence-corrected chi connectivity index (χ3v) is 4.97. The minimum Gasteiger partial charge on any atom is -0.266 e. The number of hydrogen-bond donors (Lipinski definition) is 0. The van der Waals surface area contributed by atoms with Crippen molar-refractivity contribution in [1.82, 2.24) is 19.6 Å². The molecule has 5 aromatic rings. The van der Waals surface area contributed by atoms with Gasteiger partial charge < -0.3 is 0 Å². The lowest BCUT2D eigenvalue weighted by atomic mass is 10.0. The summed E-state index contributed by atoms with van der Waals surface area (Å²) in [5, 5.41) is 10.2. The second-order valence-corrected chi connectivity index (χ2v) is 6.83.